The first-order chi connectivity index (χ1) is 17.8. The zero-order valence-electron chi connectivity index (χ0n) is 20.4. The van der Waals surface area contributed by atoms with Gasteiger partial charge in [0.25, 0.3) is 0 Å². The number of carbonyl (C=O) groups is 7. The topological polar surface area (TPSA) is 274 Å². The lowest BCUT2D eigenvalue weighted by Crippen LogP contribution is -2.57. The van der Waals surface area contributed by atoms with E-state index >= 15 is 0 Å². The highest BCUT2D eigenvalue weighted by Crippen LogP contribution is 2.07. The van der Waals surface area contributed by atoms with Gasteiger partial charge in [-0.15, -0.1) is 0 Å². The molecule has 0 heterocycles. The highest BCUT2D eigenvalue weighted by atomic mass is 16.4. The predicted octanol–water partition coefficient (Wildman–Crippen LogP) is -2.90. The van der Waals surface area contributed by atoms with Crippen molar-refractivity contribution in [3.63, 3.8) is 0 Å². The second kappa shape index (κ2) is 15.6. The number of benzene rings is 1. The predicted molar refractivity (Wildman–Crippen MR) is 131 cm³/mol. The van der Waals surface area contributed by atoms with Crippen LogP contribution in [-0.2, 0) is 40.0 Å². The fraction of sp³-hybridized carbons (Fsp3) is 0.435. The van der Waals surface area contributed by atoms with Crippen LogP contribution in [0, 0.1) is 0 Å². The van der Waals surface area contributed by atoms with Crippen LogP contribution in [0.15, 0.2) is 30.3 Å². The Morgan fingerprint density at radius 3 is 1.68 bits per heavy atom. The van der Waals surface area contributed by atoms with E-state index in [9.17, 15) is 38.7 Å². The van der Waals surface area contributed by atoms with Gasteiger partial charge < -0.3 is 43.4 Å². The molecule has 15 nitrogen and oxygen atoms in total. The molecule has 208 valence electrons. The Labute approximate surface area is 217 Å². The van der Waals surface area contributed by atoms with Crippen LogP contribution < -0.4 is 33.2 Å². The molecule has 5 amide bonds. The normalized spacial score (nSPS) is 13.7. The maximum Gasteiger partial charge on any atom is 0.326 e. The van der Waals surface area contributed by atoms with E-state index in [0.717, 1.165) is 0 Å². The van der Waals surface area contributed by atoms with E-state index in [1.807, 2.05) is 0 Å². The van der Waals surface area contributed by atoms with E-state index in [1.165, 1.54) is 0 Å². The summed E-state index contributed by atoms with van der Waals surface area (Å²) in [6.45, 7) is 0. The van der Waals surface area contributed by atoms with Gasteiger partial charge in [0.1, 0.15) is 18.1 Å². The summed E-state index contributed by atoms with van der Waals surface area (Å²) in [6, 6.07) is 2.67. The first kappa shape index (κ1) is 31.5. The number of carboxylic acid groups (broad SMARTS) is 2. The van der Waals surface area contributed by atoms with Gasteiger partial charge in [-0.1, -0.05) is 30.3 Å². The van der Waals surface area contributed by atoms with Crippen molar-refractivity contribution < 1.29 is 43.8 Å². The van der Waals surface area contributed by atoms with Crippen molar-refractivity contribution >= 4 is 41.5 Å². The molecule has 0 spiro atoms. The molecule has 4 unspecified atom stereocenters. The summed E-state index contributed by atoms with van der Waals surface area (Å²) in [4.78, 5) is 83.2. The number of hydrogen-bond donors (Lipinski definition) is 8. The summed E-state index contributed by atoms with van der Waals surface area (Å²) < 4.78 is 0. The maximum absolute atomic E-state index is 13.2. The Hall–Kier alpha value is -4.53. The fourth-order valence-corrected chi connectivity index (χ4v) is 3.26. The third kappa shape index (κ3) is 11.9. The van der Waals surface area contributed by atoms with Crippen LogP contribution in [0.5, 0.6) is 0 Å². The largest absolute Gasteiger partial charge is 0.481 e. The molecule has 0 fully saturated rings. The molecule has 4 atom stereocenters. The number of primary amides is 2. The maximum atomic E-state index is 13.2. The number of rotatable bonds is 17. The second-order valence-electron chi connectivity index (χ2n) is 8.43. The van der Waals surface area contributed by atoms with E-state index in [-0.39, 0.29) is 32.1 Å². The van der Waals surface area contributed by atoms with Gasteiger partial charge in [-0.05, 0) is 18.4 Å². The van der Waals surface area contributed by atoms with Gasteiger partial charge in [0, 0.05) is 19.3 Å². The molecule has 0 aromatic heterocycles. The van der Waals surface area contributed by atoms with Crippen molar-refractivity contribution in [2.24, 2.45) is 17.2 Å². The quantitative estimate of drug-likeness (QED) is 0.100. The van der Waals surface area contributed by atoms with E-state index in [0.29, 0.717) is 5.56 Å². The monoisotopic (exact) mass is 536 g/mol. The number of nitrogens with two attached hydrogens (primary N) is 3. The van der Waals surface area contributed by atoms with Gasteiger partial charge >= 0.3 is 11.9 Å². The Morgan fingerprint density at radius 1 is 0.711 bits per heavy atom. The van der Waals surface area contributed by atoms with Crippen molar-refractivity contribution in [1.29, 1.82) is 0 Å². The van der Waals surface area contributed by atoms with Crippen molar-refractivity contribution in [3.8, 4) is 0 Å². The minimum atomic E-state index is -1.52. The smallest absolute Gasteiger partial charge is 0.326 e. The van der Waals surface area contributed by atoms with Gasteiger partial charge in [0.2, 0.25) is 29.5 Å². The van der Waals surface area contributed by atoms with E-state index < -0.39 is 72.1 Å². The van der Waals surface area contributed by atoms with Gasteiger partial charge in [-0.2, -0.15) is 0 Å². The average Bonchev–Trinajstić information content (AvgIpc) is 2.83. The van der Waals surface area contributed by atoms with Gasteiger partial charge in [0.05, 0.1) is 12.5 Å². The third-order valence-corrected chi connectivity index (χ3v) is 5.25. The number of amides is 5. The Morgan fingerprint density at radius 2 is 1.18 bits per heavy atom. The number of aliphatic carboxylic acids is 2. The Kier molecular flexibility index (Phi) is 12.9. The average molecular weight is 537 g/mol. The summed E-state index contributed by atoms with van der Waals surface area (Å²) in [7, 11) is 0. The Bertz CT molecular complexity index is 1030. The summed E-state index contributed by atoms with van der Waals surface area (Å²) in [5.74, 6) is -7.18. The molecule has 15 heteroatoms. The number of nitrogens with one attached hydrogen (secondary N) is 3. The van der Waals surface area contributed by atoms with E-state index in [2.05, 4.69) is 16.0 Å². The van der Waals surface area contributed by atoms with Gasteiger partial charge in [-0.3, -0.25) is 28.8 Å². The number of carboxylic acids is 2. The molecule has 0 bridgehead atoms. The molecule has 0 saturated heterocycles. The van der Waals surface area contributed by atoms with Crippen molar-refractivity contribution in [2.45, 2.75) is 62.7 Å². The van der Waals surface area contributed by atoms with E-state index in [4.69, 9.17) is 22.3 Å². The van der Waals surface area contributed by atoms with Crippen LogP contribution in [0.2, 0.25) is 0 Å². The molecule has 0 aliphatic heterocycles. The minimum absolute atomic E-state index is 0.0707. The summed E-state index contributed by atoms with van der Waals surface area (Å²) in [5.41, 5.74) is 16.4. The van der Waals surface area contributed by atoms with Gasteiger partial charge in [-0.25, -0.2) is 4.79 Å². The molecular formula is C23H32N6O9. The van der Waals surface area contributed by atoms with Crippen LogP contribution in [-0.4, -0.2) is 75.9 Å². The molecule has 11 N–H and O–H groups in total. The molecule has 0 aliphatic carbocycles. The standard InChI is InChI=1S/C23H32N6O9/c24-13(11-19(32)33)20(34)29-16(10-12-4-2-1-3-5-12)22(36)27-14(6-8-17(25)30)21(35)28-15(23(37)38)7-9-18(26)31/h1-5,13-16H,6-11,24H2,(H2,25,30)(H2,26,31)(H,27,36)(H,28,35)(H,29,34)(H,32,33)(H,37,38). The SMILES string of the molecule is NC(=O)CCC(NC(=O)C(CCC(N)=O)NC(=O)C(Cc1ccccc1)NC(=O)C(N)CC(=O)O)C(=O)O. The molecule has 1 aromatic rings. The molecule has 1 rings (SSSR count). The first-order valence-corrected chi connectivity index (χ1v) is 11.5. The summed E-state index contributed by atoms with van der Waals surface area (Å²) in [5, 5.41) is 25.2. The third-order valence-electron chi connectivity index (χ3n) is 5.25. The molecular weight excluding hydrogens is 504 g/mol. The highest BCUT2D eigenvalue weighted by molar-refractivity contribution is 5.95. The number of hydrogen-bond acceptors (Lipinski definition) is 8. The zero-order valence-corrected chi connectivity index (χ0v) is 20.4. The lowest BCUT2D eigenvalue weighted by atomic mass is 10.0. The molecule has 0 radical (unpaired) electrons. The molecule has 38 heavy (non-hydrogen) atoms. The molecule has 0 saturated carbocycles. The molecule has 1 aromatic carbocycles. The van der Waals surface area contributed by atoms with Crippen LogP contribution >= 0.6 is 0 Å². The van der Waals surface area contributed by atoms with E-state index in [1.54, 1.807) is 30.3 Å². The highest BCUT2D eigenvalue weighted by Gasteiger charge is 2.31. The van der Waals surface area contributed by atoms with Crippen molar-refractivity contribution in [1.82, 2.24) is 16.0 Å². The van der Waals surface area contributed by atoms with Crippen molar-refractivity contribution in [2.75, 3.05) is 0 Å². The minimum Gasteiger partial charge on any atom is -0.481 e. The lowest BCUT2D eigenvalue weighted by Gasteiger charge is -2.25. The van der Waals surface area contributed by atoms with Crippen LogP contribution in [0.25, 0.3) is 0 Å². The van der Waals surface area contributed by atoms with Crippen LogP contribution in [0.3, 0.4) is 0 Å². The lowest BCUT2D eigenvalue weighted by molar-refractivity contribution is -0.142. The van der Waals surface area contributed by atoms with Gasteiger partial charge in [0.15, 0.2) is 0 Å². The molecule has 0 aliphatic rings. The van der Waals surface area contributed by atoms with Crippen LogP contribution in [0.4, 0.5) is 0 Å². The first-order valence-electron chi connectivity index (χ1n) is 11.5. The summed E-state index contributed by atoms with van der Waals surface area (Å²) >= 11 is 0. The fourth-order valence-electron chi connectivity index (χ4n) is 3.26. The van der Waals surface area contributed by atoms with Crippen molar-refractivity contribution in [3.05, 3.63) is 35.9 Å². The zero-order chi connectivity index (χ0) is 28.8. The second-order valence-corrected chi connectivity index (χ2v) is 8.43. The van der Waals surface area contributed by atoms with Crippen LogP contribution in [0.1, 0.15) is 37.7 Å². The Balaban J connectivity index is 3.13. The number of carbonyl (C=O) groups excluding carboxylic acids is 5. The summed E-state index contributed by atoms with van der Waals surface area (Å²) in [6.07, 6.45) is -2.08.